The highest BCUT2D eigenvalue weighted by Gasteiger charge is 2.44. The average molecular weight is 536 g/mol. The van der Waals surface area contributed by atoms with E-state index in [4.69, 9.17) is 0 Å². The number of likely N-dealkylation sites (tertiary alicyclic amines) is 1. The van der Waals surface area contributed by atoms with Crippen LogP contribution in [0.5, 0.6) is 0 Å². The number of nitrogens with zero attached hydrogens (tertiary/aromatic N) is 4. The van der Waals surface area contributed by atoms with Gasteiger partial charge in [-0.15, -0.1) is 0 Å². The van der Waals surface area contributed by atoms with Crippen LogP contribution in [0.4, 0.5) is 0 Å². The minimum absolute atomic E-state index is 0.0122. The van der Waals surface area contributed by atoms with Gasteiger partial charge in [0.1, 0.15) is 11.2 Å². The van der Waals surface area contributed by atoms with E-state index in [1.165, 1.54) is 10.6 Å². The lowest BCUT2D eigenvalue weighted by atomic mass is 9.77. The fourth-order valence-corrected chi connectivity index (χ4v) is 6.82. The molecule has 0 unspecified atom stereocenters. The number of carbonyl (C=O) groups is 3. The first-order valence-electron chi connectivity index (χ1n) is 14.6. The van der Waals surface area contributed by atoms with Crippen LogP contribution in [0.3, 0.4) is 0 Å². The molecule has 3 fully saturated rings. The molecule has 9 heteroatoms. The van der Waals surface area contributed by atoms with Crippen LogP contribution in [0.25, 0.3) is 5.65 Å². The normalized spacial score (nSPS) is 28.8. The Morgan fingerprint density at radius 1 is 1.08 bits per heavy atom. The Morgan fingerprint density at radius 3 is 2.69 bits per heavy atom. The lowest BCUT2D eigenvalue weighted by molar-refractivity contribution is -0.141. The molecule has 210 valence electrons. The molecule has 3 amide bonds. The predicted octanol–water partition coefficient (Wildman–Crippen LogP) is 3.11. The van der Waals surface area contributed by atoms with Gasteiger partial charge in [-0.05, 0) is 67.9 Å². The molecule has 3 aliphatic heterocycles. The molecule has 9 nitrogen and oxygen atoms in total. The van der Waals surface area contributed by atoms with Gasteiger partial charge in [-0.1, -0.05) is 26.8 Å². The quantitative estimate of drug-likeness (QED) is 0.637. The second-order valence-electron chi connectivity index (χ2n) is 12.3. The summed E-state index contributed by atoms with van der Waals surface area (Å²) in [5.41, 5.74) is 0.220. The minimum Gasteiger partial charge on any atom is -0.353 e. The molecule has 1 N–H and O–H groups in total. The number of fused-ring (bicyclic) bond motifs is 5. The summed E-state index contributed by atoms with van der Waals surface area (Å²) in [5.74, 6) is 0.859. The van der Waals surface area contributed by atoms with Crippen molar-refractivity contribution in [3.63, 3.8) is 0 Å². The molecule has 5 atom stereocenters. The molecule has 3 saturated heterocycles. The van der Waals surface area contributed by atoms with E-state index in [1.54, 1.807) is 29.3 Å². The smallest absolute Gasteiger partial charge is 0.270 e. The summed E-state index contributed by atoms with van der Waals surface area (Å²) in [6, 6.07) is 5.41. The summed E-state index contributed by atoms with van der Waals surface area (Å²) >= 11 is 0. The van der Waals surface area contributed by atoms with Crippen molar-refractivity contribution in [2.45, 2.75) is 77.8 Å². The van der Waals surface area contributed by atoms with Gasteiger partial charge >= 0.3 is 0 Å². The van der Waals surface area contributed by atoms with Crippen molar-refractivity contribution in [1.29, 1.82) is 0 Å². The topological polar surface area (TPSA) is 104 Å². The van der Waals surface area contributed by atoms with Crippen molar-refractivity contribution in [2.24, 2.45) is 23.7 Å². The van der Waals surface area contributed by atoms with Crippen LogP contribution in [0.2, 0.25) is 0 Å². The van der Waals surface area contributed by atoms with E-state index in [2.05, 4.69) is 36.0 Å². The Hall–Kier alpha value is -3.23. The second-order valence-corrected chi connectivity index (χ2v) is 12.3. The van der Waals surface area contributed by atoms with Crippen molar-refractivity contribution in [3.8, 4) is 0 Å². The maximum atomic E-state index is 13.6. The molecule has 2 bridgehead atoms. The summed E-state index contributed by atoms with van der Waals surface area (Å²) in [6.07, 6.45) is 8.14. The van der Waals surface area contributed by atoms with Crippen LogP contribution < -0.4 is 10.9 Å². The van der Waals surface area contributed by atoms with Crippen molar-refractivity contribution < 1.29 is 14.4 Å². The maximum Gasteiger partial charge on any atom is 0.270 e. The van der Waals surface area contributed by atoms with Gasteiger partial charge in [-0.2, -0.15) is 0 Å². The molecular formula is C30H41N5O4. The Kier molecular flexibility index (Phi) is 8.05. The third-order valence-corrected chi connectivity index (χ3v) is 8.97. The van der Waals surface area contributed by atoms with Gasteiger partial charge in [0.2, 0.25) is 11.8 Å². The standard InChI is InChI=1S/C30H41N5O4/c1-19(2)24-11-10-20(3)13-28(37)35-17-21-14-22(25(35)7-6-9-27(36)32-24)18-33(16-21)29(38)23-15-31-26-8-4-5-12-34(26)30(23)39/h4-5,8,12,15,19-22,24-25H,6-7,9-11,13-14,16-18H2,1-3H3,(H,32,36)/t20-,21+,22-,24+,25+/m1/s1. The highest BCUT2D eigenvalue weighted by atomic mass is 16.2. The van der Waals surface area contributed by atoms with Crippen LogP contribution in [0, 0.1) is 23.7 Å². The highest BCUT2D eigenvalue weighted by molar-refractivity contribution is 5.94. The Balaban J connectivity index is 1.35. The van der Waals surface area contributed by atoms with Gasteiger partial charge < -0.3 is 15.1 Å². The van der Waals surface area contributed by atoms with Crippen molar-refractivity contribution >= 4 is 23.4 Å². The molecule has 0 aliphatic carbocycles. The van der Waals surface area contributed by atoms with E-state index >= 15 is 0 Å². The first-order valence-corrected chi connectivity index (χ1v) is 14.6. The lowest BCUT2D eigenvalue weighted by Gasteiger charge is -2.51. The number of nitrogens with one attached hydrogen (secondary N) is 1. The third kappa shape index (κ3) is 5.87. The number of pyridine rings is 1. The summed E-state index contributed by atoms with van der Waals surface area (Å²) < 4.78 is 1.41. The zero-order chi connectivity index (χ0) is 27.7. The second kappa shape index (κ2) is 11.5. The fraction of sp³-hybridized carbons (Fsp3) is 0.633. The molecule has 0 radical (unpaired) electrons. The van der Waals surface area contributed by atoms with E-state index in [0.717, 1.165) is 25.7 Å². The van der Waals surface area contributed by atoms with Gasteiger partial charge in [0.05, 0.1) is 0 Å². The van der Waals surface area contributed by atoms with Crippen molar-refractivity contribution in [2.75, 3.05) is 19.6 Å². The first-order chi connectivity index (χ1) is 18.7. The molecule has 2 aromatic rings. The largest absolute Gasteiger partial charge is 0.353 e. The van der Waals surface area contributed by atoms with Crippen LogP contribution in [0.1, 0.15) is 76.1 Å². The predicted molar refractivity (Wildman–Crippen MR) is 148 cm³/mol. The number of amides is 3. The zero-order valence-corrected chi connectivity index (χ0v) is 23.3. The number of aromatic nitrogens is 2. The van der Waals surface area contributed by atoms with Gasteiger partial charge in [0, 0.05) is 57.0 Å². The molecule has 3 aliphatic rings. The first kappa shape index (κ1) is 27.3. The SMILES string of the molecule is CC(C)[C@@H]1CC[C@@H](C)CC(=O)N2C[C@H]3C[C@H](CN(C(=O)c4cnc5ccccn5c4=O)C3)[C@@H]2CCCC(=O)N1. The van der Waals surface area contributed by atoms with Crippen LogP contribution in [-0.4, -0.2) is 68.6 Å². The Labute approximate surface area is 230 Å². The number of rotatable bonds is 2. The number of carbonyl (C=O) groups excluding carboxylic acids is 3. The highest BCUT2D eigenvalue weighted by Crippen LogP contribution is 2.37. The molecule has 0 spiro atoms. The molecule has 5 heterocycles. The van der Waals surface area contributed by atoms with Gasteiger partial charge in [0.25, 0.3) is 11.5 Å². The van der Waals surface area contributed by atoms with Crippen molar-refractivity contribution in [1.82, 2.24) is 24.5 Å². The van der Waals surface area contributed by atoms with Gasteiger partial charge in [0.15, 0.2) is 0 Å². The lowest BCUT2D eigenvalue weighted by Crippen LogP contribution is -2.60. The van der Waals surface area contributed by atoms with Crippen LogP contribution in [-0.2, 0) is 9.59 Å². The van der Waals surface area contributed by atoms with Gasteiger partial charge in [-0.25, -0.2) is 4.98 Å². The van der Waals surface area contributed by atoms with E-state index in [1.807, 2.05) is 0 Å². The molecule has 5 rings (SSSR count). The summed E-state index contributed by atoms with van der Waals surface area (Å²) in [7, 11) is 0. The number of piperidine rings is 2. The van der Waals surface area contributed by atoms with E-state index < -0.39 is 0 Å². The minimum atomic E-state index is -0.361. The number of hydrogen-bond donors (Lipinski definition) is 1. The summed E-state index contributed by atoms with van der Waals surface area (Å²) in [6.45, 7) is 8.04. The van der Waals surface area contributed by atoms with Gasteiger partial charge in [-0.3, -0.25) is 23.6 Å². The third-order valence-electron chi connectivity index (χ3n) is 8.97. The monoisotopic (exact) mass is 535 g/mol. The summed E-state index contributed by atoms with van der Waals surface area (Å²) in [4.78, 5) is 61.2. The average Bonchev–Trinajstić information content (AvgIpc) is 2.92. The van der Waals surface area contributed by atoms with Crippen LogP contribution in [0.15, 0.2) is 35.4 Å². The number of hydrogen-bond acceptors (Lipinski definition) is 5. The Morgan fingerprint density at radius 2 is 1.90 bits per heavy atom. The van der Waals surface area contributed by atoms with E-state index in [-0.39, 0.29) is 58.7 Å². The summed E-state index contributed by atoms with van der Waals surface area (Å²) in [5, 5.41) is 3.23. The molecule has 39 heavy (non-hydrogen) atoms. The van der Waals surface area contributed by atoms with Crippen LogP contribution >= 0.6 is 0 Å². The molecule has 0 saturated carbocycles. The Bertz CT molecular complexity index is 1290. The fourth-order valence-electron chi connectivity index (χ4n) is 6.82. The molecule has 2 aromatic heterocycles. The van der Waals surface area contributed by atoms with Crippen molar-refractivity contribution in [3.05, 3.63) is 46.5 Å². The molecular weight excluding hydrogens is 494 g/mol. The maximum absolute atomic E-state index is 13.6. The zero-order valence-electron chi connectivity index (χ0n) is 23.3. The molecule has 0 aromatic carbocycles. The van der Waals surface area contributed by atoms with E-state index in [0.29, 0.717) is 50.5 Å². The van der Waals surface area contributed by atoms with E-state index in [9.17, 15) is 19.2 Å².